The van der Waals surface area contributed by atoms with Crippen LogP contribution in [0.1, 0.15) is 25.3 Å². The lowest BCUT2D eigenvalue weighted by Gasteiger charge is -2.23. The molecule has 1 fully saturated rings. The topological polar surface area (TPSA) is 32.8 Å². The van der Waals surface area contributed by atoms with Gasteiger partial charge in [-0.1, -0.05) is 30.3 Å². The maximum atomic E-state index is 10.2. The molecule has 0 aliphatic carbocycles. The van der Waals surface area contributed by atoms with Gasteiger partial charge in [0.25, 0.3) is 0 Å². The maximum absolute atomic E-state index is 10.2. The molecule has 0 bridgehead atoms. The van der Waals surface area contributed by atoms with Crippen molar-refractivity contribution in [3.05, 3.63) is 35.9 Å². The van der Waals surface area contributed by atoms with Crippen LogP contribution in [0.4, 0.5) is 0 Å². The Morgan fingerprint density at radius 1 is 1.43 bits per heavy atom. The van der Waals surface area contributed by atoms with E-state index in [1.54, 1.807) is 0 Å². The van der Waals surface area contributed by atoms with Crippen LogP contribution in [0.2, 0.25) is 0 Å². The Bertz CT molecular complexity index is 288. The van der Waals surface area contributed by atoms with Crippen LogP contribution in [-0.2, 0) is 10.3 Å². The first-order chi connectivity index (χ1) is 6.68. The second-order valence-corrected chi connectivity index (χ2v) is 4.13. The largest absolute Gasteiger partial charge is 0.385 e. The first kappa shape index (κ1) is 9.69. The predicted octanol–water partition coefficient (Wildman–Crippen LogP) is 2.07. The van der Waals surface area contributed by atoms with Gasteiger partial charge in [-0.2, -0.15) is 0 Å². The summed E-state index contributed by atoms with van der Waals surface area (Å²) in [5, 5.41) is 10.2. The Labute approximate surface area is 84.5 Å². The number of hydrogen-bond donors (Lipinski definition) is 1. The van der Waals surface area contributed by atoms with Crippen LogP contribution in [0.15, 0.2) is 30.3 Å². The van der Waals surface area contributed by atoms with Crippen LogP contribution in [0.3, 0.4) is 0 Å². The van der Waals surface area contributed by atoms with E-state index in [-0.39, 0.29) is 0 Å². The minimum atomic E-state index is -0.715. The average Bonchev–Trinajstić information content (AvgIpc) is 3.00. The van der Waals surface area contributed by atoms with E-state index in [1.165, 1.54) is 0 Å². The van der Waals surface area contributed by atoms with E-state index in [4.69, 9.17) is 4.74 Å². The van der Waals surface area contributed by atoms with Gasteiger partial charge in [-0.05, 0) is 25.3 Å². The molecule has 1 aliphatic heterocycles. The van der Waals surface area contributed by atoms with Crippen molar-refractivity contribution in [3.8, 4) is 0 Å². The molecule has 1 aromatic carbocycles. The molecular weight excluding hydrogens is 176 g/mol. The van der Waals surface area contributed by atoms with Crippen molar-refractivity contribution in [2.75, 3.05) is 6.61 Å². The zero-order valence-electron chi connectivity index (χ0n) is 8.44. The summed E-state index contributed by atoms with van der Waals surface area (Å²) in [7, 11) is 0. The Kier molecular flexibility index (Phi) is 2.57. The fourth-order valence-corrected chi connectivity index (χ4v) is 1.62. The minimum absolute atomic E-state index is 0.394. The van der Waals surface area contributed by atoms with Crippen LogP contribution in [0, 0.1) is 0 Å². The molecule has 2 atom stereocenters. The normalized spacial score (nSPS) is 24.3. The van der Waals surface area contributed by atoms with Crippen molar-refractivity contribution in [2.45, 2.75) is 31.5 Å². The fraction of sp³-hybridized carbons (Fsp3) is 0.500. The molecule has 76 valence electrons. The van der Waals surface area contributed by atoms with Gasteiger partial charge in [0, 0.05) is 0 Å². The molecule has 14 heavy (non-hydrogen) atoms. The molecule has 2 unspecified atom stereocenters. The summed E-state index contributed by atoms with van der Waals surface area (Å²) in [5.74, 6) is 0. The molecule has 1 saturated heterocycles. The number of aliphatic hydroxyl groups is 1. The number of epoxide rings is 1. The van der Waals surface area contributed by atoms with Crippen LogP contribution in [0.25, 0.3) is 0 Å². The van der Waals surface area contributed by atoms with E-state index in [9.17, 15) is 5.11 Å². The Hall–Kier alpha value is -0.860. The van der Waals surface area contributed by atoms with Crippen molar-refractivity contribution < 1.29 is 9.84 Å². The summed E-state index contributed by atoms with van der Waals surface area (Å²) in [5.41, 5.74) is 0.272. The van der Waals surface area contributed by atoms with Gasteiger partial charge in [0.05, 0.1) is 18.3 Å². The van der Waals surface area contributed by atoms with Crippen LogP contribution in [-0.4, -0.2) is 17.8 Å². The van der Waals surface area contributed by atoms with Crippen LogP contribution in [0.5, 0.6) is 0 Å². The van der Waals surface area contributed by atoms with Gasteiger partial charge in [-0.3, -0.25) is 0 Å². The zero-order valence-corrected chi connectivity index (χ0v) is 8.44. The van der Waals surface area contributed by atoms with Gasteiger partial charge in [0.15, 0.2) is 0 Å². The van der Waals surface area contributed by atoms with E-state index < -0.39 is 5.60 Å². The highest BCUT2D eigenvalue weighted by atomic mass is 16.6. The lowest BCUT2D eigenvalue weighted by atomic mass is 9.91. The molecule has 0 amide bonds. The summed E-state index contributed by atoms with van der Waals surface area (Å²) in [6.45, 7) is 2.73. The molecule has 0 spiro atoms. The highest BCUT2D eigenvalue weighted by Crippen LogP contribution is 2.29. The summed E-state index contributed by atoms with van der Waals surface area (Å²) in [4.78, 5) is 0. The lowest BCUT2D eigenvalue weighted by Crippen LogP contribution is -2.21. The molecule has 1 aliphatic rings. The van der Waals surface area contributed by atoms with Crippen molar-refractivity contribution in [1.82, 2.24) is 0 Å². The Balaban J connectivity index is 1.99. The second-order valence-electron chi connectivity index (χ2n) is 4.13. The van der Waals surface area contributed by atoms with Gasteiger partial charge in [-0.25, -0.2) is 0 Å². The summed E-state index contributed by atoms with van der Waals surface area (Å²) in [6.07, 6.45) is 2.11. The van der Waals surface area contributed by atoms with E-state index in [2.05, 4.69) is 0 Å². The first-order valence-corrected chi connectivity index (χ1v) is 5.08. The third kappa shape index (κ3) is 2.34. The van der Waals surface area contributed by atoms with Crippen LogP contribution < -0.4 is 0 Å². The second kappa shape index (κ2) is 3.71. The number of hydrogen-bond acceptors (Lipinski definition) is 2. The third-order valence-corrected chi connectivity index (χ3v) is 2.75. The van der Waals surface area contributed by atoms with Gasteiger partial charge in [0.2, 0.25) is 0 Å². The lowest BCUT2D eigenvalue weighted by molar-refractivity contribution is 0.0433. The maximum Gasteiger partial charge on any atom is 0.0869 e. The molecule has 1 heterocycles. The molecule has 2 heteroatoms. The third-order valence-electron chi connectivity index (χ3n) is 2.75. The summed E-state index contributed by atoms with van der Waals surface area (Å²) in [6, 6.07) is 9.81. The highest BCUT2D eigenvalue weighted by molar-refractivity contribution is 5.21. The molecule has 2 nitrogen and oxygen atoms in total. The molecule has 0 radical (unpaired) electrons. The molecule has 1 aromatic rings. The first-order valence-electron chi connectivity index (χ1n) is 5.08. The predicted molar refractivity (Wildman–Crippen MR) is 55.0 cm³/mol. The van der Waals surface area contributed by atoms with Crippen molar-refractivity contribution in [1.29, 1.82) is 0 Å². The Morgan fingerprint density at radius 3 is 2.64 bits per heavy atom. The van der Waals surface area contributed by atoms with Crippen LogP contribution >= 0.6 is 0 Å². The van der Waals surface area contributed by atoms with Gasteiger partial charge < -0.3 is 9.84 Å². The summed E-state index contributed by atoms with van der Waals surface area (Å²) >= 11 is 0. The molecule has 2 rings (SSSR count). The molecular formula is C12H16O2. The smallest absolute Gasteiger partial charge is 0.0869 e. The molecule has 1 N–H and O–H groups in total. The van der Waals surface area contributed by atoms with Crippen molar-refractivity contribution >= 4 is 0 Å². The van der Waals surface area contributed by atoms with Gasteiger partial charge >= 0.3 is 0 Å². The minimum Gasteiger partial charge on any atom is -0.385 e. The van der Waals surface area contributed by atoms with Crippen molar-refractivity contribution in [2.24, 2.45) is 0 Å². The number of rotatable bonds is 4. The Morgan fingerprint density at radius 2 is 2.07 bits per heavy atom. The van der Waals surface area contributed by atoms with E-state index in [0.717, 1.165) is 25.0 Å². The monoisotopic (exact) mass is 192 g/mol. The van der Waals surface area contributed by atoms with Gasteiger partial charge in [-0.15, -0.1) is 0 Å². The summed E-state index contributed by atoms with van der Waals surface area (Å²) < 4.78 is 5.13. The standard InChI is InChI=1S/C12H16O2/c1-12(13,8-7-11-9-14-11)10-5-3-2-4-6-10/h2-6,11,13H,7-9H2,1H3. The zero-order chi connectivity index (χ0) is 10.0. The van der Waals surface area contributed by atoms with E-state index in [1.807, 2.05) is 37.3 Å². The highest BCUT2D eigenvalue weighted by Gasteiger charge is 2.28. The van der Waals surface area contributed by atoms with E-state index >= 15 is 0 Å². The number of ether oxygens (including phenoxy) is 1. The molecule has 0 aromatic heterocycles. The quantitative estimate of drug-likeness (QED) is 0.741. The average molecular weight is 192 g/mol. The van der Waals surface area contributed by atoms with Gasteiger partial charge in [0.1, 0.15) is 0 Å². The molecule has 0 saturated carbocycles. The number of benzene rings is 1. The van der Waals surface area contributed by atoms with Crippen molar-refractivity contribution in [3.63, 3.8) is 0 Å². The fourth-order valence-electron chi connectivity index (χ4n) is 1.62. The van der Waals surface area contributed by atoms with E-state index in [0.29, 0.717) is 6.10 Å². The SMILES string of the molecule is CC(O)(CCC1CO1)c1ccccc1.